The Morgan fingerprint density at radius 3 is 2.32 bits per heavy atom. The van der Waals surface area contributed by atoms with E-state index in [9.17, 15) is 0 Å². The molecule has 1 aliphatic heterocycles. The minimum Gasteiger partial charge on any atom is -0.239 e. The van der Waals surface area contributed by atoms with E-state index in [1.807, 2.05) is 0 Å². The van der Waals surface area contributed by atoms with Crippen molar-refractivity contribution >= 4 is 10.0 Å². The van der Waals surface area contributed by atoms with Crippen LogP contribution in [0.2, 0.25) is 0 Å². The van der Waals surface area contributed by atoms with Crippen LogP contribution in [0.3, 0.4) is 0 Å². The molecule has 6 unspecified atom stereocenters. The first kappa shape index (κ1) is 20.1. The van der Waals surface area contributed by atoms with Crippen LogP contribution >= 0.6 is 10.0 Å². The molecule has 1 heterocycles. The molecule has 0 aliphatic carbocycles. The van der Waals surface area contributed by atoms with E-state index >= 15 is 0 Å². The van der Waals surface area contributed by atoms with Crippen molar-refractivity contribution in [3.63, 3.8) is 0 Å². The minimum absolute atomic E-state index is 0.202. The largest absolute Gasteiger partial charge is 0.239 e. The predicted octanol–water partition coefficient (Wildman–Crippen LogP) is 6.89. The zero-order valence-corrected chi connectivity index (χ0v) is 17.3. The zero-order chi connectivity index (χ0) is 17.0. The predicted molar refractivity (Wildman–Crippen MR) is 107 cm³/mol. The average Bonchev–Trinajstić information content (AvgIpc) is 3.17. The molecule has 1 heteroatoms. The van der Waals surface area contributed by atoms with E-state index in [1.54, 1.807) is 5.75 Å². The van der Waals surface area contributed by atoms with Gasteiger partial charge in [-0.15, -0.1) is 6.58 Å². The Morgan fingerprint density at radius 1 is 1.23 bits per heavy atom. The second-order valence-corrected chi connectivity index (χ2v) is 12.8. The van der Waals surface area contributed by atoms with Gasteiger partial charge in [0.15, 0.2) is 0 Å². The molecular weight excluding hydrogens is 284 g/mol. The van der Waals surface area contributed by atoms with Gasteiger partial charge in [0, 0.05) is 0 Å². The van der Waals surface area contributed by atoms with Crippen LogP contribution in [0.1, 0.15) is 73.6 Å². The van der Waals surface area contributed by atoms with E-state index in [0.29, 0.717) is 5.41 Å². The summed E-state index contributed by atoms with van der Waals surface area (Å²) in [7, 11) is -0.202. The van der Waals surface area contributed by atoms with Gasteiger partial charge in [0.25, 0.3) is 0 Å². The Labute approximate surface area is 142 Å². The standard InChI is InChI=1S/C21H42S/c1-9-12-18(5)21(7,14-10-2)15-13-17(4)19(6)20-16-22(20,8)11-3/h10,17-20H,2,9,11-16H2,1,3-8H3. The highest BCUT2D eigenvalue weighted by Gasteiger charge is 2.47. The molecule has 0 spiro atoms. The van der Waals surface area contributed by atoms with Gasteiger partial charge in [-0.25, -0.2) is 10.0 Å². The van der Waals surface area contributed by atoms with Crippen LogP contribution in [0.25, 0.3) is 0 Å². The number of rotatable bonds is 11. The van der Waals surface area contributed by atoms with Crippen molar-refractivity contribution in [2.75, 3.05) is 17.8 Å². The lowest BCUT2D eigenvalue weighted by molar-refractivity contribution is 0.154. The van der Waals surface area contributed by atoms with Gasteiger partial charge in [-0.2, -0.15) is 0 Å². The zero-order valence-electron chi connectivity index (χ0n) is 16.5. The van der Waals surface area contributed by atoms with E-state index in [1.165, 1.54) is 37.9 Å². The number of hydrogen-bond acceptors (Lipinski definition) is 0. The SMILES string of the molecule is C=CCC(C)(CCC(C)C(C)C1CS1(C)CC)C(C)CCC. The molecule has 6 atom stereocenters. The van der Waals surface area contributed by atoms with Crippen LogP contribution in [0.4, 0.5) is 0 Å². The van der Waals surface area contributed by atoms with Gasteiger partial charge in [-0.05, 0) is 65.4 Å². The highest BCUT2D eigenvalue weighted by Crippen LogP contribution is 2.68. The van der Waals surface area contributed by atoms with Crippen molar-refractivity contribution in [1.29, 1.82) is 0 Å². The molecule has 0 aromatic carbocycles. The van der Waals surface area contributed by atoms with Gasteiger partial charge >= 0.3 is 0 Å². The molecule has 0 amide bonds. The molecule has 0 aromatic heterocycles. The first-order valence-electron chi connectivity index (χ1n) is 9.57. The lowest BCUT2D eigenvalue weighted by Crippen LogP contribution is -2.27. The topological polar surface area (TPSA) is 0 Å². The fourth-order valence-electron chi connectivity index (χ4n) is 4.19. The van der Waals surface area contributed by atoms with E-state index in [4.69, 9.17) is 0 Å². The maximum Gasteiger partial charge on any atom is -0.000938 e. The van der Waals surface area contributed by atoms with Crippen LogP contribution in [-0.2, 0) is 0 Å². The number of hydrogen-bond donors (Lipinski definition) is 0. The van der Waals surface area contributed by atoms with E-state index in [2.05, 4.69) is 60.5 Å². The van der Waals surface area contributed by atoms with Crippen molar-refractivity contribution in [3.05, 3.63) is 12.7 Å². The van der Waals surface area contributed by atoms with E-state index < -0.39 is 0 Å². The van der Waals surface area contributed by atoms with Gasteiger partial charge in [0.1, 0.15) is 0 Å². The first-order chi connectivity index (χ1) is 10.2. The fraction of sp³-hybridized carbons (Fsp3) is 0.905. The Balaban J connectivity index is 2.55. The van der Waals surface area contributed by atoms with Crippen LogP contribution in [0, 0.1) is 23.2 Å². The Hall–Kier alpha value is 0.0900. The van der Waals surface area contributed by atoms with Crippen molar-refractivity contribution < 1.29 is 0 Å². The van der Waals surface area contributed by atoms with Crippen LogP contribution in [0.15, 0.2) is 12.7 Å². The summed E-state index contributed by atoms with van der Waals surface area (Å²) in [4.78, 5) is 0. The molecule has 1 saturated heterocycles. The molecule has 0 saturated carbocycles. The summed E-state index contributed by atoms with van der Waals surface area (Å²) in [5.74, 6) is 5.60. The summed E-state index contributed by atoms with van der Waals surface area (Å²) in [5, 5.41) is 1.06. The Kier molecular flexibility index (Phi) is 7.57. The summed E-state index contributed by atoms with van der Waals surface area (Å²) < 4.78 is 0. The van der Waals surface area contributed by atoms with E-state index in [-0.39, 0.29) is 10.0 Å². The molecule has 22 heavy (non-hydrogen) atoms. The molecule has 0 N–H and O–H groups in total. The second-order valence-electron chi connectivity index (χ2n) is 8.56. The van der Waals surface area contributed by atoms with Gasteiger partial charge in [0.05, 0.1) is 0 Å². The quantitative estimate of drug-likeness (QED) is 0.286. The molecule has 1 aliphatic rings. The third kappa shape index (κ3) is 4.79. The third-order valence-electron chi connectivity index (χ3n) is 7.00. The molecule has 1 rings (SSSR count). The molecular formula is C21H42S. The van der Waals surface area contributed by atoms with Crippen molar-refractivity contribution in [2.45, 2.75) is 78.9 Å². The Morgan fingerprint density at radius 2 is 1.86 bits per heavy atom. The first-order valence-corrected chi connectivity index (χ1v) is 12.0. The summed E-state index contributed by atoms with van der Waals surface area (Å²) in [6, 6.07) is 0. The average molecular weight is 327 g/mol. The summed E-state index contributed by atoms with van der Waals surface area (Å²) in [5.41, 5.74) is 0.455. The van der Waals surface area contributed by atoms with Crippen LogP contribution in [-0.4, -0.2) is 23.0 Å². The van der Waals surface area contributed by atoms with Crippen LogP contribution in [0.5, 0.6) is 0 Å². The van der Waals surface area contributed by atoms with Crippen molar-refractivity contribution in [1.82, 2.24) is 0 Å². The van der Waals surface area contributed by atoms with Crippen molar-refractivity contribution in [3.8, 4) is 0 Å². The molecule has 0 radical (unpaired) electrons. The van der Waals surface area contributed by atoms with Gasteiger partial charge < -0.3 is 0 Å². The molecule has 0 aromatic rings. The third-order valence-corrected chi connectivity index (χ3v) is 11.1. The summed E-state index contributed by atoms with van der Waals surface area (Å²) >= 11 is 0. The fourth-order valence-corrected chi connectivity index (χ4v) is 7.83. The van der Waals surface area contributed by atoms with Gasteiger partial charge in [0.2, 0.25) is 0 Å². The lowest BCUT2D eigenvalue weighted by atomic mass is 9.69. The maximum absolute atomic E-state index is 4.02. The molecule has 0 bridgehead atoms. The molecule has 132 valence electrons. The van der Waals surface area contributed by atoms with Gasteiger partial charge in [-0.3, -0.25) is 0 Å². The second kappa shape index (κ2) is 8.27. The highest BCUT2D eigenvalue weighted by atomic mass is 32.3. The smallest absolute Gasteiger partial charge is 0.000938 e. The monoisotopic (exact) mass is 326 g/mol. The Bertz CT molecular complexity index is 350. The normalized spacial score (nSPS) is 34.0. The maximum atomic E-state index is 4.02. The lowest BCUT2D eigenvalue weighted by Gasteiger charge is -2.37. The van der Waals surface area contributed by atoms with Crippen molar-refractivity contribution in [2.24, 2.45) is 23.2 Å². The summed E-state index contributed by atoms with van der Waals surface area (Å²) in [6.45, 7) is 18.7. The highest BCUT2D eigenvalue weighted by molar-refractivity contribution is 8.39. The van der Waals surface area contributed by atoms with Crippen LogP contribution < -0.4 is 0 Å². The number of allylic oxidation sites excluding steroid dienone is 1. The van der Waals surface area contributed by atoms with Gasteiger partial charge in [-0.1, -0.05) is 60.5 Å². The minimum atomic E-state index is -0.202. The molecule has 0 nitrogen and oxygen atoms in total. The summed E-state index contributed by atoms with van der Waals surface area (Å²) in [6.07, 6.45) is 11.3. The molecule has 1 fully saturated rings. The van der Waals surface area contributed by atoms with E-state index in [0.717, 1.165) is 23.0 Å².